The Labute approximate surface area is 105 Å². The van der Waals surface area contributed by atoms with Crippen molar-refractivity contribution in [2.75, 3.05) is 0 Å². The van der Waals surface area contributed by atoms with Gasteiger partial charge in [0.2, 0.25) is 17.3 Å². The van der Waals surface area contributed by atoms with Gasteiger partial charge in [0.1, 0.15) is 11.8 Å². The monoisotopic (exact) mass is 259 g/mol. The van der Waals surface area contributed by atoms with Crippen molar-refractivity contribution in [2.24, 2.45) is 0 Å². The van der Waals surface area contributed by atoms with Crippen LogP contribution < -0.4 is 0 Å². The summed E-state index contributed by atoms with van der Waals surface area (Å²) in [6.45, 7) is 0. The third-order valence-electron chi connectivity index (χ3n) is 2.14. The molecule has 0 bridgehead atoms. The highest BCUT2D eigenvalue weighted by Crippen LogP contribution is 2.20. The molecule has 0 saturated heterocycles. The number of aromatic nitrogens is 2. The number of hydrogen-bond acceptors (Lipinski definition) is 6. The lowest BCUT2D eigenvalue weighted by molar-refractivity contribution is 0.0624. The van der Waals surface area contributed by atoms with E-state index in [0.29, 0.717) is 5.56 Å². The molecule has 0 saturated carbocycles. The predicted molar refractivity (Wildman–Crippen MR) is 58.4 cm³/mol. The number of oxazole rings is 1. The topological polar surface area (TPSA) is 137 Å². The Morgan fingerprint density at radius 2 is 2.00 bits per heavy atom. The van der Waals surface area contributed by atoms with E-state index in [1.165, 1.54) is 18.3 Å². The molecule has 94 valence electrons. The average Bonchev–Trinajstić information content (AvgIpc) is 2.84. The maximum absolute atomic E-state index is 10.8. The summed E-state index contributed by atoms with van der Waals surface area (Å²) in [4.78, 5) is 29.0. The van der Waals surface area contributed by atoms with Crippen molar-refractivity contribution >= 4 is 11.9 Å². The molecule has 2 rings (SSSR count). The lowest BCUT2D eigenvalue weighted by atomic mass is 10.3. The highest BCUT2D eigenvalue weighted by atomic mass is 16.4. The van der Waals surface area contributed by atoms with E-state index in [1.54, 1.807) is 0 Å². The Morgan fingerprint density at radius 3 is 2.42 bits per heavy atom. The van der Waals surface area contributed by atoms with Crippen molar-refractivity contribution in [3.05, 3.63) is 35.3 Å². The molecule has 2 aromatic rings. The zero-order chi connectivity index (χ0) is 14.0. The minimum Gasteiger partial charge on any atom is -0.476 e. The van der Waals surface area contributed by atoms with Crippen LogP contribution in [0.15, 0.2) is 22.7 Å². The van der Waals surface area contributed by atoms with Crippen LogP contribution in [0.3, 0.4) is 0 Å². The van der Waals surface area contributed by atoms with Crippen molar-refractivity contribution in [3.8, 4) is 17.7 Å². The second-order valence-corrected chi connectivity index (χ2v) is 3.35. The highest BCUT2D eigenvalue weighted by Gasteiger charge is 2.25. The van der Waals surface area contributed by atoms with E-state index in [9.17, 15) is 9.59 Å². The van der Waals surface area contributed by atoms with Gasteiger partial charge in [0, 0.05) is 6.20 Å². The first-order chi connectivity index (χ1) is 9.02. The molecule has 0 fully saturated rings. The molecule has 0 radical (unpaired) electrons. The SMILES string of the molecule is N#Cc1ccc(-c2nc(C(=O)O)c(C(=O)O)o2)nc1. The summed E-state index contributed by atoms with van der Waals surface area (Å²) in [7, 11) is 0. The fourth-order valence-electron chi connectivity index (χ4n) is 1.31. The van der Waals surface area contributed by atoms with Gasteiger partial charge in [-0.25, -0.2) is 14.6 Å². The average molecular weight is 259 g/mol. The van der Waals surface area contributed by atoms with E-state index < -0.39 is 23.4 Å². The Morgan fingerprint density at radius 1 is 1.26 bits per heavy atom. The molecule has 2 N–H and O–H groups in total. The van der Waals surface area contributed by atoms with Crippen molar-refractivity contribution in [1.82, 2.24) is 9.97 Å². The molecule has 0 atom stereocenters. The molecule has 0 aliphatic rings. The summed E-state index contributed by atoms with van der Waals surface area (Å²) in [5.74, 6) is -4.06. The van der Waals surface area contributed by atoms with Gasteiger partial charge < -0.3 is 14.6 Å². The summed E-state index contributed by atoms with van der Waals surface area (Å²) >= 11 is 0. The van der Waals surface area contributed by atoms with Crippen LogP contribution in [-0.4, -0.2) is 32.1 Å². The summed E-state index contributed by atoms with van der Waals surface area (Å²) in [5.41, 5.74) is -0.269. The molecule has 0 aliphatic heterocycles. The molecule has 0 spiro atoms. The van der Waals surface area contributed by atoms with Gasteiger partial charge in [-0.05, 0) is 12.1 Å². The van der Waals surface area contributed by atoms with Crippen molar-refractivity contribution < 1.29 is 24.2 Å². The number of rotatable bonds is 3. The first kappa shape index (κ1) is 12.3. The Kier molecular flexibility index (Phi) is 2.95. The van der Waals surface area contributed by atoms with Crippen LogP contribution in [-0.2, 0) is 0 Å². The first-order valence-corrected chi connectivity index (χ1v) is 4.87. The second kappa shape index (κ2) is 4.58. The predicted octanol–water partition coefficient (Wildman–Crippen LogP) is 1.00. The number of carbonyl (C=O) groups is 2. The Hall–Kier alpha value is -3.21. The molecule has 8 nitrogen and oxygen atoms in total. The van der Waals surface area contributed by atoms with Crippen molar-refractivity contribution in [1.29, 1.82) is 5.26 Å². The van der Waals surface area contributed by atoms with E-state index in [-0.39, 0.29) is 11.6 Å². The molecular formula is C11H5N3O5. The van der Waals surface area contributed by atoms with Crippen LogP contribution in [0, 0.1) is 11.3 Å². The number of carboxylic acid groups (broad SMARTS) is 2. The van der Waals surface area contributed by atoms with Gasteiger partial charge in [-0.2, -0.15) is 10.2 Å². The van der Waals surface area contributed by atoms with E-state index in [4.69, 9.17) is 19.9 Å². The van der Waals surface area contributed by atoms with Gasteiger partial charge in [0.05, 0.1) is 5.56 Å². The van der Waals surface area contributed by atoms with Crippen LogP contribution in [0.4, 0.5) is 0 Å². The largest absolute Gasteiger partial charge is 0.476 e. The van der Waals surface area contributed by atoms with E-state index in [2.05, 4.69) is 9.97 Å². The van der Waals surface area contributed by atoms with Gasteiger partial charge in [-0.1, -0.05) is 0 Å². The Bertz CT molecular complexity index is 665. The smallest absolute Gasteiger partial charge is 0.374 e. The summed E-state index contributed by atoms with van der Waals surface area (Å²) in [5, 5.41) is 26.2. The van der Waals surface area contributed by atoms with E-state index >= 15 is 0 Å². The minimum atomic E-state index is -1.54. The molecule has 0 unspecified atom stereocenters. The first-order valence-electron chi connectivity index (χ1n) is 4.87. The maximum Gasteiger partial charge on any atom is 0.374 e. The fraction of sp³-hybridized carbons (Fsp3) is 0. The lowest BCUT2D eigenvalue weighted by Gasteiger charge is -1.93. The molecule has 8 heteroatoms. The van der Waals surface area contributed by atoms with E-state index in [0.717, 1.165) is 0 Å². The zero-order valence-corrected chi connectivity index (χ0v) is 9.19. The summed E-state index contributed by atoms with van der Waals surface area (Å²) in [6.07, 6.45) is 1.24. The summed E-state index contributed by atoms with van der Waals surface area (Å²) in [6, 6.07) is 4.66. The Balaban J connectivity index is 2.51. The van der Waals surface area contributed by atoms with Gasteiger partial charge in [-0.3, -0.25) is 0 Å². The third kappa shape index (κ3) is 2.25. The van der Waals surface area contributed by atoms with Crippen LogP contribution in [0.2, 0.25) is 0 Å². The van der Waals surface area contributed by atoms with Crippen molar-refractivity contribution in [2.45, 2.75) is 0 Å². The normalized spacial score (nSPS) is 9.84. The quantitative estimate of drug-likeness (QED) is 0.832. The van der Waals surface area contributed by atoms with Crippen LogP contribution >= 0.6 is 0 Å². The minimum absolute atomic E-state index is 0.133. The number of nitrogens with zero attached hydrogens (tertiary/aromatic N) is 3. The molecule has 0 aliphatic carbocycles. The van der Waals surface area contributed by atoms with Gasteiger partial charge in [0.15, 0.2) is 0 Å². The van der Waals surface area contributed by atoms with Crippen molar-refractivity contribution in [3.63, 3.8) is 0 Å². The lowest BCUT2D eigenvalue weighted by Crippen LogP contribution is -2.05. The third-order valence-corrected chi connectivity index (χ3v) is 2.14. The molecule has 2 aromatic heterocycles. The standard InChI is InChI=1S/C11H5N3O5/c12-3-5-1-2-6(13-4-5)9-14-7(10(15)16)8(19-9)11(17)18/h1-2,4H,(H,15,16)(H,17,18). The molecular weight excluding hydrogens is 254 g/mol. The highest BCUT2D eigenvalue weighted by molar-refractivity contribution is 5.98. The van der Waals surface area contributed by atoms with Gasteiger partial charge in [-0.15, -0.1) is 0 Å². The second-order valence-electron chi connectivity index (χ2n) is 3.35. The zero-order valence-electron chi connectivity index (χ0n) is 9.19. The molecule has 2 heterocycles. The van der Waals surface area contributed by atoms with Gasteiger partial charge >= 0.3 is 11.9 Å². The fourth-order valence-corrected chi connectivity index (χ4v) is 1.31. The van der Waals surface area contributed by atoms with Gasteiger partial charge in [0.25, 0.3) is 0 Å². The van der Waals surface area contributed by atoms with Crippen LogP contribution in [0.5, 0.6) is 0 Å². The van der Waals surface area contributed by atoms with E-state index in [1.807, 2.05) is 6.07 Å². The maximum atomic E-state index is 10.8. The summed E-state index contributed by atoms with van der Waals surface area (Å²) < 4.78 is 4.86. The van der Waals surface area contributed by atoms with Crippen LogP contribution in [0.25, 0.3) is 11.6 Å². The number of hydrogen-bond donors (Lipinski definition) is 2. The number of pyridine rings is 1. The molecule has 0 aromatic carbocycles. The molecule has 19 heavy (non-hydrogen) atoms. The number of aromatic carboxylic acids is 2. The molecule has 0 amide bonds. The number of nitriles is 1. The van der Waals surface area contributed by atoms with Crippen LogP contribution in [0.1, 0.15) is 26.6 Å². The number of carboxylic acids is 2.